The Kier molecular flexibility index (Phi) is 5.16. The Bertz CT molecular complexity index is 313. The Hall–Kier alpha value is -0.860. The van der Waals surface area contributed by atoms with Gasteiger partial charge in [0.1, 0.15) is 0 Å². The van der Waals surface area contributed by atoms with E-state index in [0.717, 1.165) is 19.6 Å². The van der Waals surface area contributed by atoms with Gasteiger partial charge < -0.3 is 5.73 Å². The zero-order valence-corrected chi connectivity index (χ0v) is 11.6. The lowest BCUT2D eigenvalue weighted by Gasteiger charge is -2.37. The zero-order chi connectivity index (χ0) is 12.9. The SMILES string of the molecule is CC(CN(CCN)C(C)(C)C)c1ccccc1. The molecule has 1 unspecified atom stereocenters. The van der Waals surface area contributed by atoms with Gasteiger partial charge in [-0.1, -0.05) is 37.3 Å². The van der Waals surface area contributed by atoms with Gasteiger partial charge >= 0.3 is 0 Å². The van der Waals surface area contributed by atoms with E-state index in [-0.39, 0.29) is 5.54 Å². The molecule has 1 rings (SSSR count). The molecular formula is C15H26N2. The molecule has 0 saturated carbocycles. The molecule has 96 valence electrons. The molecule has 0 aliphatic carbocycles. The summed E-state index contributed by atoms with van der Waals surface area (Å²) in [5.74, 6) is 0.543. The van der Waals surface area contributed by atoms with Crippen LogP contribution < -0.4 is 5.73 Å². The summed E-state index contributed by atoms with van der Waals surface area (Å²) in [5, 5.41) is 0. The molecule has 0 aliphatic rings. The van der Waals surface area contributed by atoms with Gasteiger partial charge in [-0.05, 0) is 32.3 Å². The van der Waals surface area contributed by atoms with E-state index in [9.17, 15) is 0 Å². The van der Waals surface area contributed by atoms with Crippen molar-refractivity contribution in [3.05, 3.63) is 35.9 Å². The lowest BCUT2D eigenvalue weighted by atomic mass is 9.97. The summed E-state index contributed by atoms with van der Waals surface area (Å²) in [6.07, 6.45) is 0. The van der Waals surface area contributed by atoms with Gasteiger partial charge in [0.05, 0.1) is 0 Å². The van der Waals surface area contributed by atoms with Crippen molar-refractivity contribution < 1.29 is 0 Å². The number of hydrogen-bond acceptors (Lipinski definition) is 2. The Morgan fingerprint density at radius 3 is 2.24 bits per heavy atom. The van der Waals surface area contributed by atoms with Crippen LogP contribution in [-0.2, 0) is 0 Å². The minimum Gasteiger partial charge on any atom is -0.329 e. The summed E-state index contributed by atoms with van der Waals surface area (Å²) in [6, 6.07) is 10.7. The maximum absolute atomic E-state index is 5.70. The van der Waals surface area contributed by atoms with Crippen LogP contribution in [0.1, 0.15) is 39.2 Å². The standard InChI is InChI=1S/C15H26N2/c1-13(14-8-6-5-7-9-14)12-17(11-10-16)15(2,3)4/h5-9,13H,10-12,16H2,1-4H3. The monoisotopic (exact) mass is 234 g/mol. The average Bonchev–Trinajstić information content (AvgIpc) is 2.28. The molecule has 0 fully saturated rings. The molecule has 1 aromatic carbocycles. The van der Waals surface area contributed by atoms with Gasteiger partial charge in [-0.15, -0.1) is 0 Å². The van der Waals surface area contributed by atoms with Crippen LogP contribution in [0.25, 0.3) is 0 Å². The predicted octanol–water partition coefficient (Wildman–Crippen LogP) is 2.85. The van der Waals surface area contributed by atoms with Gasteiger partial charge in [-0.2, -0.15) is 0 Å². The van der Waals surface area contributed by atoms with Crippen molar-refractivity contribution in [2.24, 2.45) is 5.73 Å². The van der Waals surface area contributed by atoms with Crippen LogP contribution in [0, 0.1) is 0 Å². The lowest BCUT2D eigenvalue weighted by Crippen LogP contribution is -2.45. The van der Waals surface area contributed by atoms with Gasteiger partial charge in [0, 0.05) is 25.2 Å². The highest BCUT2D eigenvalue weighted by Crippen LogP contribution is 2.21. The fourth-order valence-electron chi connectivity index (χ4n) is 2.07. The molecule has 17 heavy (non-hydrogen) atoms. The van der Waals surface area contributed by atoms with Crippen LogP contribution >= 0.6 is 0 Å². The fourth-order valence-corrected chi connectivity index (χ4v) is 2.07. The molecule has 1 aromatic rings. The van der Waals surface area contributed by atoms with E-state index in [4.69, 9.17) is 5.73 Å². The molecule has 0 heterocycles. The average molecular weight is 234 g/mol. The van der Waals surface area contributed by atoms with Crippen LogP contribution in [-0.4, -0.2) is 30.1 Å². The molecule has 2 nitrogen and oxygen atoms in total. The molecular weight excluding hydrogens is 208 g/mol. The first kappa shape index (κ1) is 14.2. The lowest BCUT2D eigenvalue weighted by molar-refractivity contribution is 0.133. The largest absolute Gasteiger partial charge is 0.329 e. The van der Waals surface area contributed by atoms with E-state index in [1.54, 1.807) is 0 Å². The highest BCUT2D eigenvalue weighted by molar-refractivity contribution is 5.19. The Morgan fingerprint density at radius 2 is 1.76 bits per heavy atom. The summed E-state index contributed by atoms with van der Waals surface area (Å²) in [5.41, 5.74) is 7.28. The number of rotatable bonds is 5. The van der Waals surface area contributed by atoms with Gasteiger partial charge in [-0.25, -0.2) is 0 Å². The van der Waals surface area contributed by atoms with Gasteiger partial charge in [0.15, 0.2) is 0 Å². The molecule has 0 bridgehead atoms. The maximum Gasteiger partial charge on any atom is 0.0125 e. The third-order valence-corrected chi connectivity index (χ3v) is 3.21. The van der Waals surface area contributed by atoms with E-state index < -0.39 is 0 Å². The quantitative estimate of drug-likeness (QED) is 0.849. The molecule has 2 N–H and O–H groups in total. The molecule has 0 aliphatic heterocycles. The van der Waals surface area contributed by atoms with E-state index in [1.807, 2.05) is 0 Å². The number of hydrogen-bond donors (Lipinski definition) is 1. The molecule has 2 heteroatoms. The fraction of sp³-hybridized carbons (Fsp3) is 0.600. The second kappa shape index (κ2) is 6.18. The Balaban J connectivity index is 2.68. The summed E-state index contributed by atoms with van der Waals surface area (Å²) >= 11 is 0. The van der Waals surface area contributed by atoms with Crippen LogP contribution in [0.2, 0.25) is 0 Å². The second-order valence-corrected chi connectivity index (χ2v) is 5.72. The maximum atomic E-state index is 5.70. The van der Waals surface area contributed by atoms with Crippen molar-refractivity contribution in [2.45, 2.75) is 39.2 Å². The van der Waals surface area contributed by atoms with Crippen molar-refractivity contribution in [3.63, 3.8) is 0 Å². The van der Waals surface area contributed by atoms with Crippen molar-refractivity contribution in [3.8, 4) is 0 Å². The van der Waals surface area contributed by atoms with Gasteiger partial charge in [0.25, 0.3) is 0 Å². The van der Waals surface area contributed by atoms with E-state index >= 15 is 0 Å². The highest BCUT2D eigenvalue weighted by atomic mass is 15.2. The highest BCUT2D eigenvalue weighted by Gasteiger charge is 2.22. The third kappa shape index (κ3) is 4.49. The van der Waals surface area contributed by atoms with Crippen molar-refractivity contribution >= 4 is 0 Å². The van der Waals surface area contributed by atoms with Crippen LogP contribution in [0.3, 0.4) is 0 Å². The van der Waals surface area contributed by atoms with E-state index in [0.29, 0.717) is 5.92 Å². The molecule has 0 saturated heterocycles. The summed E-state index contributed by atoms with van der Waals surface area (Å²) in [6.45, 7) is 11.8. The predicted molar refractivity (Wildman–Crippen MR) is 75.2 cm³/mol. The van der Waals surface area contributed by atoms with Crippen molar-refractivity contribution in [2.75, 3.05) is 19.6 Å². The number of nitrogens with zero attached hydrogens (tertiary/aromatic N) is 1. The molecule has 0 amide bonds. The number of nitrogens with two attached hydrogens (primary N) is 1. The van der Waals surface area contributed by atoms with Crippen molar-refractivity contribution in [1.82, 2.24) is 4.90 Å². The van der Waals surface area contributed by atoms with Crippen LogP contribution in [0.5, 0.6) is 0 Å². The normalized spacial score (nSPS) is 14.0. The third-order valence-electron chi connectivity index (χ3n) is 3.21. The zero-order valence-electron chi connectivity index (χ0n) is 11.6. The van der Waals surface area contributed by atoms with Gasteiger partial charge in [0.2, 0.25) is 0 Å². The smallest absolute Gasteiger partial charge is 0.0125 e. The first-order valence-electron chi connectivity index (χ1n) is 6.45. The van der Waals surface area contributed by atoms with Gasteiger partial charge in [-0.3, -0.25) is 4.90 Å². The molecule has 0 spiro atoms. The minimum absolute atomic E-state index is 0.183. The summed E-state index contributed by atoms with van der Waals surface area (Å²) < 4.78 is 0. The van der Waals surface area contributed by atoms with E-state index in [2.05, 4.69) is 62.9 Å². The summed E-state index contributed by atoms with van der Waals surface area (Å²) in [4.78, 5) is 2.46. The summed E-state index contributed by atoms with van der Waals surface area (Å²) in [7, 11) is 0. The van der Waals surface area contributed by atoms with Crippen LogP contribution in [0.4, 0.5) is 0 Å². The van der Waals surface area contributed by atoms with Crippen LogP contribution in [0.15, 0.2) is 30.3 Å². The molecule has 1 atom stereocenters. The minimum atomic E-state index is 0.183. The second-order valence-electron chi connectivity index (χ2n) is 5.72. The first-order chi connectivity index (χ1) is 7.95. The first-order valence-corrected chi connectivity index (χ1v) is 6.45. The van der Waals surface area contributed by atoms with E-state index in [1.165, 1.54) is 5.56 Å². The van der Waals surface area contributed by atoms with Crippen molar-refractivity contribution in [1.29, 1.82) is 0 Å². The topological polar surface area (TPSA) is 29.3 Å². The molecule has 0 radical (unpaired) electrons. The molecule has 0 aromatic heterocycles. The number of benzene rings is 1. The Morgan fingerprint density at radius 1 is 1.18 bits per heavy atom. The Labute approximate surface area is 106 Å².